The highest BCUT2D eigenvalue weighted by atomic mass is 19.1. The van der Waals surface area contributed by atoms with Gasteiger partial charge in [0.2, 0.25) is 0 Å². The molecular formula is C26H21FN4O2. The number of aromatic nitrogens is 2. The Morgan fingerprint density at radius 1 is 1.09 bits per heavy atom. The summed E-state index contributed by atoms with van der Waals surface area (Å²) in [5.41, 5.74) is 2.76. The van der Waals surface area contributed by atoms with Crippen molar-refractivity contribution in [3.63, 3.8) is 0 Å². The molecule has 1 heterocycles. The number of rotatable bonds is 7. The molecule has 1 amide bonds. The largest absolute Gasteiger partial charge is 0.481 e. The third-order valence-electron chi connectivity index (χ3n) is 5.06. The first kappa shape index (κ1) is 21.8. The molecule has 164 valence electrons. The van der Waals surface area contributed by atoms with Crippen molar-refractivity contribution in [3.05, 3.63) is 102 Å². The van der Waals surface area contributed by atoms with Gasteiger partial charge in [0.05, 0.1) is 24.5 Å². The first-order chi connectivity index (χ1) is 16.0. The maximum atomic E-state index is 13.4. The summed E-state index contributed by atoms with van der Waals surface area (Å²) in [5, 5.41) is 11.9. The van der Waals surface area contributed by atoms with Crippen LogP contribution in [0.3, 0.4) is 0 Å². The molecule has 0 aliphatic rings. The van der Waals surface area contributed by atoms with Crippen molar-refractivity contribution < 1.29 is 13.9 Å². The quantitative estimate of drug-likeness (QED) is 0.438. The van der Waals surface area contributed by atoms with Crippen molar-refractivity contribution in [1.82, 2.24) is 9.55 Å². The lowest BCUT2D eigenvalue weighted by Crippen LogP contribution is -2.31. The maximum Gasteiger partial charge on any atom is 0.266 e. The summed E-state index contributed by atoms with van der Waals surface area (Å²) >= 11 is 0. The van der Waals surface area contributed by atoms with Crippen LogP contribution in [0.25, 0.3) is 11.3 Å². The van der Waals surface area contributed by atoms with E-state index >= 15 is 0 Å². The summed E-state index contributed by atoms with van der Waals surface area (Å²) in [6.45, 7) is 2.14. The lowest BCUT2D eigenvalue weighted by Gasteiger charge is -2.17. The van der Waals surface area contributed by atoms with Gasteiger partial charge in [-0.05, 0) is 61.0 Å². The van der Waals surface area contributed by atoms with E-state index in [1.807, 2.05) is 41.0 Å². The van der Waals surface area contributed by atoms with Gasteiger partial charge in [0.15, 0.2) is 6.10 Å². The van der Waals surface area contributed by atoms with Gasteiger partial charge < -0.3 is 14.6 Å². The molecule has 1 unspecified atom stereocenters. The standard InChI is InChI=1S/C26H21FN4O2/c1-18(33-23-13-7-19(15-28)8-14-23)26(32)30-25-24(21-9-11-22(27)12-10-21)29-17-31(25)16-20-5-3-2-4-6-20/h2-14,17-18H,16H2,1H3,(H,30,32). The van der Waals surface area contributed by atoms with Crippen molar-refractivity contribution >= 4 is 11.7 Å². The Kier molecular flexibility index (Phi) is 6.46. The molecule has 0 aliphatic heterocycles. The molecule has 0 spiro atoms. The number of carbonyl (C=O) groups excluding carboxylic acids is 1. The molecule has 33 heavy (non-hydrogen) atoms. The fourth-order valence-corrected chi connectivity index (χ4v) is 3.32. The highest BCUT2D eigenvalue weighted by Gasteiger charge is 2.21. The Morgan fingerprint density at radius 2 is 1.79 bits per heavy atom. The second-order valence-electron chi connectivity index (χ2n) is 7.45. The van der Waals surface area contributed by atoms with E-state index in [1.165, 1.54) is 12.1 Å². The first-order valence-corrected chi connectivity index (χ1v) is 10.4. The molecule has 0 bridgehead atoms. The van der Waals surface area contributed by atoms with E-state index in [-0.39, 0.29) is 11.7 Å². The highest BCUT2D eigenvalue weighted by molar-refractivity contribution is 5.96. The third-order valence-corrected chi connectivity index (χ3v) is 5.06. The van der Waals surface area contributed by atoms with Crippen LogP contribution in [0.15, 0.2) is 85.2 Å². The number of halogens is 1. The van der Waals surface area contributed by atoms with Gasteiger partial charge in [-0.25, -0.2) is 9.37 Å². The van der Waals surface area contributed by atoms with Crippen LogP contribution in [-0.4, -0.2) is 21.6 Å². The molecule has 7 heteroatoms. The van der Waals surface area contributed by atoms with E-state index in [9.17, 15) is 9.18 Å². The second kappa shape index (κ2) is 9.79. The zero-order valence-corrected chi connectivity index (χ0v) is 17.9. The third kappa shape index (κ3) is 5.25. The van der Waals surface area contributed by atoms with Crippen molar-refractivity contribution in [1.29, 1.82) is 5.26 Å². The van der Waals surface area contributed by atoms with Crippen molar-refractivity contribution in [3.8, 4) is 23.1 Å². The number of ether oxygens (including phenoxy) is 1. The van der Waals surface area contributed by atoms with Crippen LogP contribution in [-0.2, 0) is 11.3 Å². The molecule has 0 saturated heterocycles. The van der Waals surface area contributed by atoms with Crippen LogP contribution < -0.4 is 10.1 Å². The summed E-state index contributed by atoms with van der Waals surface area (Å²) in [4.78, 5) is 17.5. The van der Waals surface area contributed by atoms with E-state index in [0.717, 1.165) is 5.56 Å². The molecule has 0 fully saturated rings. The van der Waals surface area contributed by atoms with E-state index in [2.05, 4.69) is 10.3 Å². The Morgan fingerprint density at radius 3 is 2.45 bits per heavy atom. The number of anilines is 1. The highest BCUT2D eigenvalue weighted by Crippen LogP contribution is 2.28. The number of hydrogen-bond donors (Lipinski definition) is 1. The van der Waals surface area contributed by atoms with Crippen molar-refractivity contribution in [2.75, 3.05) is 5.32 Å². The molecule has 0 radical (unpaired) electrons. The van der Waals surface area contributed by atoms with Crippen LogP contribution in [0.4, 0.5) is 10.2 Å². The van der Waals surface area contributed by atoms with E-state index in [0.29, 0.717) is 34.9 Å². The van der Waals surface area contributed by atoms with Crippen molar-refractivity contribution in [2.24, 2.45) is 0 Å². The van der Waals surface area contributed by atoms with Gasteiger partial charge in [0, 0.05) is 5.56 Å². The summed E-state index contributed by atoms with van der Waals surface area (Å²) in [5.74, 6) is 0.258. The molecule has 6 nitrogen and oxygen atoms in total. The number of benzene rings is 3. The van der Waals surface area contributed by atoms with Crippen LogP contribution in [0.5, 0.6) is 5.75 Å². The average Bonchev–Trinajstić information content (AvgIpc) is 3.22. The number of amides is 1. The van der Waals surface area contributed by atoms with Crippen LogP contribution in [0.1, 0.15) is 18.1 Å². The Labute approximate surface area is 190 Å². The minimum atomic E-state index is -0.806. The Balaban J connectivity index is 1.59. The van der Waals surface area contributed by atoms with Gasteiger partial charge in [0.1, 0.15) is 23.1 Å². The molecule has 3 aromatic carbocycles. The smallest absolute Gasteiger partial charge is 0.266 e. The summed E-state index contributed by atoms with van der Waals surface area (Å²) in [6, 6.07) is 24.3. The second-order valence-corrected chi connectivity index (χ2v) is 7.45. The molecule has 1 aromatic heterocycles. The lowest BCUT2D eigenvalue weighted by molar-refractivity contribution is -0.122. The van der Waals surface area contributed by atoms with Crippen LogP contribution in [0, 0.1) is 17.1 Å². The summed E-state index contributed by atoms with van der Waals surface area (Å²) in [6.07, 6.45) is 0.840. The molecule has 0 saturated carbocycles. The Bertz CT molecular complexity index is 1280. The van der Waals surface area contributed by atoms with Crippen LogP contribution >= 0.6 is 0 Å². The maximum absolute atomic E-state index is 13.4. The molecule has 0 aliphatic carbocycles. The molecular weight excluding hydrogens is 419 g/mol. The number of nitrogens with zero attached hydrogens (tertiary/aromatic N) is 3. The molecule has 4 aromatic rings. The van der Waals surface area contributed by atoms with Gasteiger partial charge in [-0.3, -0.25) is 4.79 Å². The summed E-state index contributed by atoms with van der Waals surface area (Å²) in [7, 11) is 0. The first-order valence-electron chi connectivity index (χ1n) is 10.4. The molecule has 1 atom stereocenters. The monoisotopic (exact) mass is 440 g/mol. The fraction of sp³-hybridized carbons (Fsp3) is 0.115. The lowest BCUT2D eigenvalue weighted by atomic mass is 10.1. The minimum absolute atomic E-state index is 0.350. The van der Waals surface area contributed by atoms with Gasteiger partial charge in [-0.2, -0.15) is 5.26 Å². The normalized spacial score (nSPS) is 11.4. The van der Waals surface area contributed by atoms with Crippen molar-refractivity contribution in [2.45, 2.75) is 19.6 Å². The van der Waals surface area contributed by atoms with Gasteiger partial charge in [-0.1, -0.05) is 30.3 Å². The van der Waals surface area contributed by atoms with Gasteiger partial charge in [-0.15, -0.1) is 0 Å². The number of imidazole rings is 1. The Hall–Kier alpha value is -4.44. The number of nitrogens with one attached hydrogen (secondary N) is 1. The van der Waals surface area contributed by atoms with E-state index < -0.39 is 6.10 Å². The SMILES string of the molecule is CC(Oc1ccc(C#N)cc1)C(=O)Nc1c(-c2ccc(F)cc2)ncn1Cc1ccccc1. The van der Waals surface area contributed by atoms with Gasteiger partial charge >= 0.3 is 0 Å². The summed E-state index contributed by atoms with van der Waals surface area (Å²) < 4.78 is 21.0. The minimum Gasteiger partial charge on any atom is -0.481 e. The van der Waals surface area contributed by atoms with E-state index in [1.54, 1.807) is 49.6 Å². The van der Waals surface area contributed by atoms with E-state index in [4.69, 9.17) is 10.00 Å². The zero-order chi connectivity index (χ0) is 23.2. The predicted octanol–water partition coefficient (Wildman–Crippen LogP) is 5.02. The average molecular weight is 440 g/mol. The molecule has 1 N–H and O–H groups in total. The number of nitriles is 1. The van der Waals surface area contributed by atoms with Crippen LogP contribution in [0.2, 0.25) is 0 Å². The topological polar surface area (TPSA) is 79.9 Å². The zero-order valence-electron chi connectivity index (χ0n) is 17.9. The number of carbonyl (C=O) groups is 1. The molecule has 4 rings (SSSR count). The fourth-order valence-electron chi connectivity index (χ4n) is 3.32. The van der Waals surface area contributed by atoms with Gasteiger partial charge in [0.25, 0.3) is 5.91 Å². The predicted molar refractivity (Wildman–Crippen MR) is 123 cm³/mol. The number of hydrogen-bond acceptors (Lipinski definition) is 4.